The second kappa shape index (κ2) is 14.4. The van der Waals surface area contributed by atoms with Crippen molar-refractivity contribution < 1.29 is 43.9 Å². The van der Waals surface area contributed by atoms with E-state index in [0.717, 1.165) is 22.5 Å². The van der Waals surface area contributed by atoms with E-state index >= 15 is 0 Å². The molecule has 0 aliphatic carbocycles. The maximum Gasteiger partial charge on any atom is 0.276 e. The van der Waals surface area contributed by atoms with Crippen LogP contribution < -0.4 is 31.1 Å². The van der Waals surface area contributed by atoms with Crippen molar-refractivity contribution in [1.82, 2.24) is 41.1 Å². The summed E-state index contributed by atoms with van der Waals surface area (Å²) in [5.74, 6) is -3.94. The molecule has 0 spiro atoms. The van der Waals surface area contributed by atoms with Gasteiger partial charge < -0.3 is 46.4 Å². The first-order chi connectivity index (χ1) is 24.7. The molecule has 0 bridgehead atoms. The highest BCUT2D eigenvalue weighted by molar-refractivity contribution is 8.00. The normalized spacial score (nSPS) is 17.3. The number of amides is 3. The van der Waals surface area contributed by atoms with E-state index in [1.807, 2.05) is 4.57 Å². The van der Waals surface area contributed by atoms with Crippen LogP contribution in [0, 0.1) is 0 Å². The highest BCUT2D eigenvalue weighted by Crippen LogP contribution is 2.43. The van der Waals surface area contributed by atoms with Crippen LogP contribution in [0.4, 0.5) is 5.13 Å². The zero-order chi connectivity index (χ0) is 37.3. The molecule has 6 N–H and O–H groups in total. The molecule has 1 saturated heterocycles. The average Bonchev–Trinajstić information content (AvgIpc) is 3.81. The molecule has 4 aromatic rings. The van der Waals surface area contributed by atoms with E-state index < -0.39 is 52.2 Å². The Morgan fingerprint density at radius 3 is 2.65 bits per heavy atom. The van der Waals surface area contributed by atoms with E-state index in [1.54, 1.807) is 24.5 Å². The monoisotopic (exact) mass is 768 g/mol. The van der Waals surface area contributed by atoms with Crippen molar-refractivity contribution in [3.05, 3.63) is 75.3 Å². The van der Waals surface area contributed by atoms with Crippen LogP contribution in [0.3, 0.4) is 0 Å². The summed E-state index contributed by atoms with van der Waals surface area (Å²) in [5.41, 5.74) is 5.40. The number of carbonyl (C=O) groups excluding carboxylic acids is 4. The largest absolute Gasteiger partial charge is 0.546 e. The number of aromatic nitrogens is 6. The number of benzene rings is 1. The number of anilines is 1. The van der Waals surface area contributed by atoms with Gasteiger partial charge in [-0.1, -0.05) is 16.8 Å². The van der Waals surface area contributed by atoms with Gasteiger partial charge in [-0.2, -0.15) is 5.21 Å². The molecule has 3 aromatic heterocycles. The molecule has 52 heavy (non-hydrogen) atoms. The lowest BCUT2D eigenvalue weighted by atomic mass is 10.0. The number of β-lactam (4-membered cyclic amide) rings is 1. The predicted octanol–water partition coefficient (Wildman–Crippen LogP) is -1.09. The summed E-state index contributed by atoms with van der Waals surface area (Å²) >= 11 is 8.41. The number of oxime groups is 1. The number of phenols is 2. The highest BCUT2D eigenvalue weighted by Gasteiger charge is 2.53. The molecule has 2 aliphatic rings. The van der Waals surface area contributed by atoms with Crippen molar-refractivity contribution in [2.45, 2.75) is 44.0 Å². The first-order valence-corrected chi connectivity index (χ1v) is 17.4. The van der Waals surface area contributed by atoms with Crippen LogP contribution in [0.25, 0.3) is 5.70 Å². The molecule has 3 amide bonds. The zero-order valence-electron chi connectivity index (χ0n) is 27.0. The smallest absolute Gasteiger partial charge is 0.276 e. The number of tetrazole rings is 1. The van der Waals surface area contributed by atoms with Crippen LogP contribution >= 0.6 is 34.7 Å². The van der Waals surface area contributed by atoms with Crippen molar-refractivity contribution in [2.24, 2.45) is 5.16 Å². The maximum atomic E-state index is 13.6. The molecule has 0 saturated carbocycles. The number of fused-ring (bicyclic) bond motifs is 1. The van der Waals surface area contributed by atoms with Crippen molar-refractivity contribution in [2.75, 3.05) is 11.5 Å². The molecule has 5 heterocycles. The number of carboxylic acids is 1. The summed E-state index contributed by atoms with van der Waals surface area (Å²) in [6.45, 7) is 2.84. The molecule has 22 heteroatoms. The number of halogens is 1. The number of hydrogen-bond donors (Lipinski definition) is 5. The molecule has 19 nitrogen and oxygen atoms in total. The predicted molar refractivity (Wildman–Crippen MR) is 181 cm³/mol. The summed E-state index contributed by atoms with van der Waals surface area (Å²) < 4.78 is 1.85. The van der Waals surface area contributed by atoms with Crippen molar-refractivity contribution in [3.8, 4) is 11.5 Å². The van der Waals surface area contributed by atoms with Gasteiger partial charge in [0.1, 0.15) is 17.1 Å². The van der Waals surface area contributed by atoms with Gasteiger partial charge >= 0.3 is 0 Å². The van der Waals surface area contributed by atoms with Crippen LogP contribution in [0.5, 0.6) is 11.5 Å². The third kappa shape index (κ3) is 7.18. The van der Waals surface area contributed by atoms with Gasteiger partial charge in [-0.05, 0) is 31.5 Å². The van der Waals surface area contributed by atoms with Crippen molar-refractivity contribution in [1.29, 1.82) is 0 Å². The minimum absolute atomic E-state index is 0.00128. The average molecular weight is 769 g/mol. The van der Waals surface area contributed by atoms with E-state index in [0.29, 0.717) is 18.0 Å². The summed E-state index contributed by atoms with van der Waals surface area (Å²) in [6, 6.07) is 5.02. The topological polar surface area (TPSA) is 276 Å². The number of hydrogen-bond acceptors (Lipinski definition) is 16. The van der Waals surface area contributed by atoms with E-state index in [-0.39, 0.29) is 39.5 Å². The summed E-state index contributed by atoms with van der Waals surface area (Å²) in [4.78, 5) is 61.8. The summed E-state index contributed by atoms with van der Waals surface area (Å²) in [7, 11) is 0. The number of nitrogens with zero attached hydrogens (tertiary/aromatic N) is 8. The number of nitrogens with one attached hydrogen (secondary N) is 2. The Bertz CT molecular complexity index is 2120. The molecular weight excluding hydrogens is 742 g/mol. The number of thiazole rings is 1. The molecule has 6 rings (SSSR count). The second-order valence-corrected chi connectivity index (χ2v) is 14.1. The number of carboxylic acid groups (broad SMARTS) is 1. The quantitative estimate of drug-likeness (QED) is 0.0377. The van der Waals surface area contributed by atoms with Crippen LogP contribution in [0.2, 0.25) is 5.02 Å². The van der Waals surface area contributed by atoms with Crippen molar-refractivity contribution in [3.63, 3.8) is 0 Å². The van der Waals surface area contributed by atoms with Gasteiger partial charge in [0, 0.05) is 35.4 Å². The van der Waals surface area contributed by atoms with E-state index in [4.69, 9.17) is 22.2 Å². The summed E-state index contributed by atoms with van der Waals surface area (Å²) in [5, 5.41) is 55.8. The Labute approximate surface area is 306 Å². The van der Waals surface area contributed by atoms with Gasteiger partial charge in [0.2, 0.25) is 0 Å². The molecule has 2 atom stereocenters. The number of nitrogen functional groups attached to an aromatic ring is 1. The second-order valence-electron chi connectivity index (χ2n) is 11.8. The van der Waals surface area contributed by atoms with Gasteiger partial charge in [0.25, 0.3) is 17.7 Å². The molecule has 0 radical (unpaired) electrons. The molecule has 1 aromatic carbocycles. The SMILES string of the molecule is CC(C)(O/N=C(\C(=O)N[C@@H]1C(=O)N2C(c3nnn[n-]3)=C(C[n+]3ccc(CNC(=O)c4ccc(O)c(O)c4Cl)cc3)CS[C@H]12)c1csc(N)n1)C(=O)[O-]. The molecular formula is C30H27ClN11O8S2-. The molecule has 270 valence electrons. The zero-order valence-corrected chi connectivity index (χ0v) is 29.4. The Morgan fingerprint density at radius 2 is 2.00 bits per heavy atom. The molecule has 0 unspecified atom stereocenters. The first-order valence-electron chi connectivity index (χ1n) is 15.1. The van der Waals surface area contributed by atoms with Crippen LogP contribution in [0.1, 0.15) is 41.3 Å². The van der Waals surface area contributed by atoms with Gasteiger partial charge in [-0.15, -0.1) is 23.1 Å². The van der Waals surface area contributed by atoms with Gasteiger partial charge in [0.15, 0.2) is 46.9 Å². The maximum absolute atomic E-state index is 13.6. The minimum Gasteiger partial charge on any atom is -0.546 e. The number of carbonyl (C=O) groups is 4. The lowest BCUT2D eigenvalue weighted by Gasteiger charge is -2.50. The Balaban J connectivity index is 1.16. The fourth-order valence-electron chi connectivity index (χ4n) is 5.00. The molecule has 1 fully saturated rings. The Hall–Kier alpha value is -5.80. The minimum atomic E-state index is -1.88. The fraction of sp³-hybridized carbons (Fsp3) is 0.267. The lowest BCUT2D eigenvalue weighted by Crippen LogP contribution is -2.70. The van der Waals surface area contributed by atoms with E-state index in [9.17, 15) is 34.5 Å². The number of pyridine rings is 1. The molecule has 2 aliphatic heterocycles. The number of nitrogens with two attached hydrogens (primary N) is 1. The Morgan fingerprint density at radius 1 is 1.25 bits per heavy atom. The number of phenolic OH excluding ortho intramolecular Hbond substituents is 2. The standard InChI is InChI=1S/C30H28ClN11O8S2/c1-30(2,28(48)49)50-38-19(16-12-52-29(32)34-16)25(46)35-20-26(47)42-21(23-36-39-40-37-23)14(11-51-27(20)42)10-41-7-5-13(6-8-41)9-33-24(45)15-3-4-17(43)22(44)18(15)31/h3-8,12,20,27H,9-11H2,1-2H3,(H7-,32,33,34,35,36,37,38,39,40,43,44,45,46,48,49)/p-1/t20-,27-/m1/s1. The van der Waals surface area contributed by atoms with Gasteiger partial charge in [0.05, 0.1) is 28.1 Å². The van der Waals surface area contributed by atoms with Crippen LogP contribution in [-0.4, -0.2) is 87.8 Å². The van der Waals surface area contributed by atoms with E-state index in [2.05, 4.69) is 41.4 Å². The highest BCUT2D eigenvalue weighted by atomic mass is 35.5. The van der Waals surface area contributed by atoms with Gasteiger partial charge in [-0.25, -0.2) is 9.55 Å². The number of aromatic hydroxyl groups is 2. The van der Waals surface area contributed by atoms with Crippen LogP contribution in [0.15, 0.2) is 52.8 Å². The number of thioether (sulfide) groups is 1. The lowest BCUT2D eigenvalue weighted by molar-refractivity contribution is -0.688. The Kier molecular flexibility index (Phi) is 10.00. The van der Waals surface area contributed by atoms with Crippen LogP contribution in [-0.2, 0) is 32.3 Å². The number of aliphatic carboxylic acids is 1. The van der Waals surface area contributed by atoms with Gasteiger partial charge in [-0.3, -0.25) is 29.6 Å². The number of rotatable bonds is 12. The van der Waals surface area contributed by atoms with E-state index in [1.165, 1.54) is 48.0 Å². The fourth-order valence-corrected chi connectivity index (χ4v) is 7.13. The summed E-state index contributed by atoms with van der Waals surface area (Å²) in [6.07, 6.45) is 3.56. The van der Waals surface area contributed by atoms with Crippen molar-refractivity contribution >= 4 is 74.9 Å². The first kappa shape index (κ1) is 36.0. The third-order valence-electron chi connectivity index (χ3n) is 7.83. The third-order valence-corrected chi connectivity index (χ3v) is 10.2.